The normalized spacial score (nSPS) is 10.6. The molecule has 0 radical (unpaired) electrons. The van der Waals surface area contributed by atoms with Gasteiger partial charge in [0.15, 0.2) is 0 Å². The van der Waals surface area contributed by atoms with E-state index in [-0.39, 0.29) is 5.56 Å². The van der Waals surface area contributed by atoms with E-state index in [0.29, 0.717) is 0 Å². The molecule has 0 aliphatic heterocycles. The van der Waals surface area contributed by atoms with Gasteiger partial charge in [-0.2, -0.15) is 0 Å². The summed E-state index contributed by atoms with van der Waals surface area (Å²) >= 11 is 0. The number of hydrogen-bond acceptors (Lipinski definition) is 2. The van der Waals surface area contributed by atoms with Gasteiger partial charge in [-0.25, -0.2) is 8.78 Å². The number of para-hydroxylation sites is 2. The molecule has 0 saturated heterocycles. The van der Waals surface area contributed by atoms with Crippen molar-refractivity contribution in [3.63, 3.8) is 0 Å². The Balaban J connectivity index is 1.94. The van der Waals surface area contributed by atoms with Gasteiger partial charge in [-0.1, -0.05) is 24.3 Å². The van der Waals surface area contributed by atoms with Crippen LogP contribution in [-0.2, 0) is 0 Å². The lowest BCUT2D eigenvalue weighted by atomic mass is 10.1. The number of halogens is 2. The lowest BCUT2D eigenvalue weighted by Crippen LogP contribution is -2.14. The molecule has 2 aromatic carbocycles. The fourth-order valence-electron chi connectivity index (χ4n) is 2.00. The van der Waals surface area contributed by atoms with Gasteiger partial charge >= 0.3 is 0 Å². The van der Waals surface area contributed by atoms with Crippen molar-refractivity contribution in [1.82, 2.24) is 4.98 Å². The Hall–Kier alpha value is -2.82. The monoisotopic (exact) mass is 284 g/mol. The van der Waals surface area contributed by atoms with Crippen LogP contribution in [0.5, 0.6) is 0 Å². The summed E-state index contributed by atoms with van der Waals surface area (Å²) in [6.45, 7) is 0. The third-order valence-corrected chi connectivity index (χ3v) is 3.05. The van der Waals surface area contributed by atoms with Crippen LogP contribution in [0.4, 0.5) is 14.5 Å². The van der Waals surface area contributed by atoms with Crippen LogP contribution in [0.15, 0.2) is 54.7 Å². The first kappa shape index (κ1) is 13.2. The molecule has 0 saturated carbocycles. The number of carbonyl (C=O) groups excluding carboxylic acids is 1. The van der Waals surface area contributed by atoms with E-state index in [1.165, 1.54) is 12.3 Å². The summed E-state index contributed by atoms with van der Waals surface area (Å²) in [7, 11) is 0. The maximum Gasteiger partial charge on any atom is 0.257 e. The Kier molecular flexibility index (Phi) is 3.31. The SMILES string of the molecule is O=C(Nc1c(F)cccc1F)c1cnc2ccccc2c1. The number of benzene rings is 2. The van der Waals surface area contributed by atoms with Crippen LogP contribution in [0.2, 0.25) is 0 Å². The lowest BCUT2D eigenvalue weighted by Gasteiger charge is -2.07. The molecule has 104 valence electrons. The van der Waals surface area contributed by atoms with Crippen molar-refractivity contribution in [2.45, 2.75) is 0 Å². The number of nitrogens with zero attached hydrogens (tertiary/aromatic N) is 1. The molecule has 1 amide bonds. The highest BCUT2D eigenvalue weighted by Crippen LogP contribution is 2.20. The minimum Gasteiger partial charge on any atom is -0.317 e. The number of hydrogen-bond donors (Lipinski definition) is 1. The van der Waals surface area contributed by atoms with Gasteiger partial charge in [-0.15, -0.1) is 0 Å². The third kappa shape index (κ3) is 2.58. The van der Waals surface area contributed by atoms with Crippen molar-refractivity contribution in [2.75, 3.05) is 5.32 Å². The van der Waals surface area contributed by atoms with Crippen LogP contribution in [0.1, 0.15) is 10.4 Å². The van der Waals surface area contributed by atoms with Gasteiger partial charge in [0.2, 0.25) is 0 Å². The number of nitrogens with one attached hydrogen (secondary N) is 1. The highest BCUT2D eigenvalue weighted by molar-refractivity contribution is 6.05. The number of rotatable bonds is 2. The fourth-order valence-corrected chi connectivity index (χ4v) is 2.00. The summed E-state index contributed by atoms with van der Waals surface area (Å²) in [5.41, 5.74) is 0.512. The topological polar surface area (TPSA) is 42.0 Å². The van der Waals surface area contributed by atoms with E-state index in [9.17, 15) is 13.6 Å². The smallest absolute Gasteiger partial charge is 0.257 e. The molecule has 3 rings (SSSR count). The molecule has 0 atom stereocenters. The Morgan fingerprint density at radius 1 is 1.00 bits per heavy atom. The molecule has 0 spiro atoms. The van der Waals surface area contributed by atoms with E-state index in [2.05, 4.69) is 10.3 Å². The average molecular weight is 284 g/mol. The zero-order chi connectivity index (χ0) is 14.8. The van der Waals surface area contributed by atoms with Crippen molar-refractivity contribution < 1.29 is 13.6 Å². The van der Waals surface area contributed by atoms with Crippen LogP contribution >= 0.6 is 0 Å². The minimum absolute atomic E-state index is 0.233. The molecule has 1 N–H and O–H groups in total. The van der Waals surface area contributed by atoms with Gasteiger partial charge in [-0.3, -0.25) is 9.78 Å². The van der Waals surface area contributed by atoms with Gasteiger partial charge in [0.25, 0.3) is 5.91 Å². The van der Waals surface area contributed by atoms with Crippen molar-refractivity contribution in [3.05, 3.63) is 71.9 Å². The van der Waals surface area contributed by atoms with E-state index < -0.39 is 23.2 Å². The summed E-state index contributed by atoms with van der Waals surface area (Å²) in [6.07, 6.45) is 1.37. The molecule has 0 aliphatic rings. The van der Waals surface area contributed by atoms with E-state index in [1.807, 2.05) is 24.3 Å². The molecule has 0 fully saturated rings. The number of carbonyl (C=O) groups is 1. The summed E-state index contributed by atoms with van der Waals surface area (Å²) in [5, 5.41) is 3.01. The van der Waals surface area contributed by atoms with Crippen molar-refractivity contribution >= 4 is 22.5 Å². The molecular weight excluding hydrogens is 274 g/mol. The summed E-state index contributed by atoms with van der Waals surface area (Å²) in [5.74, 6) is -2.26. The van der Waals surface area contributed by atoms with Crippen LogP contribution in [0, 0.1) is 11.6 Å². The molecule has 3 aromatic rings. The average Bonchev–Trinajstić information content (AvgIpc) is 2.50. The second-order valence-corrected chi connectivity index (χ2v) is 4.47. The highest BCUT2D eigenvalue weighted by atomic mass is 19.1. The van der Waals surface area contributed by atoms with Gasteiger partial charge < -0.3 is 5.32 Å². The van der Waals surface area contributed by atoms with E-state index in [4.69, 9.17) is 0 Å². The Morgan fingerprint density at radius 2 is 1.71 bits per heavy atom. The first-order valence-corrected chi connectivity index (χ1v) is 6.25. The molecule has 5 heteroatoms. The fraction of sp³-hybridized carbons (Fsp3) is 0. The van der Waals surface area contributed by atoms with E-state index in [0.717, 1.165) is 23.0 Å². The van der Waals surface area contributed by atoms with Gasteiger partial charge in [0.1, 0.15) is 17.3 Å². The molecule has 0 aliphatic carbocycles. The first-order valence-electron chi connectivity index (χ1n) is 6.25. The van der Waals surface area contributed by atoms with Crippen molar-refractivity contribution in [1.29, 1.82) is 0 Å². The number of aromatic nitrogens is 1. The zero-order valence-corrected chi connectivity index (χ0v) is 10.8. The predicted octanol–water partition coefficient (Wildman–Crippen LogP) is 3.77. The Morgan fingerprint density at radius 3 is 2.48 bits per heavy atom. The van der Waals surface area contributed by atoms with E-state index >= 15 is 0 Å². The van der Waals surface area contributed by atoms with Gasteiger partial charge in [0.05, 0.1) is 11.1 Å². The second kappa shape index (κ2) is 5.28. The molecule has 3 nitrogen and oxygen atoms in total. The molecule has 0 unspecified atom stereocenters. The summed E-state index contributed by atoms with van der Waals surface area (Å²) in [6, 6.07) is 12.3. The largest absolute Gasteiger partial charge is 0.317 e. The van der Waals surface area contributed by atoms with Crippen LogP contribution in [-0.4, -0.2) is 10.9 Å². The first-order chi connectivity index (χ1) is 10.1. The second-order valence-electron chi connectivity index (χ2n) is 4.47. The minimum atomic E-state index is -0.822. The predicted molar refractivity (Wildman–Crippen MR) is 76.1 cm³/mol. The molecule has 21 heavy (non-hydrogen) atoms. The molecule has 0 bridgehead atoms. The number of anilines is 1. The molecule has 1 aromatic heterocycles. The van der Waals surface area contributed by atoms with E-state index in [1.54, 1.807) is 6.07 Å². The number of pyridine rings is 1. The third-order valence-electron chi connectivity index (χ3n) is 3.05. The van der Waals surface area contributed by atoms with Crippen molar-refractivity contribution in [3.8, 4) is 0 Å². The molecule has 1 heterocycles. The standard InChI is InChI=1S/C16H10F2N2O/c17-12-5-3-6-13(18)15(12)20-16(21)11-8-10-4-1-2-7-14(10)19-9-11/h1-9H,(H,20,21). The lowest BCUT2D eigenvalue weighted by molar-refractivity contribution is 0.102. The summed E-state index contributed by atoms with van der Waals surface area (Å²) < 4.78 is 27.0. The summed E-state index contributed by atoms with van der Waals surface area (Å²) in [4.78, 5) is 16.2. The Bertz CT molecular complexity index is 813. The molecular formula is C16H10F2N2O. The van der Waals surface area contributed by atoms with Gasteiger partial charge in [0, 0.05) is 11.6 Å². The van der Waals surface area contributed by atoms with Crippen LogP contribution in [0.3, 0.4) is 0 Å². The van der Waals surface area contributed by atoms with Crippen LogP contribution < -0.4 is 5.32 Å². The number of amides is 1. The maximum atomic E-state index is 13.5. The maximum absolute atomic E-state index is 13.5. The highest BCUT2D eigenvalue weighted by Gasteiger charge is 2.13. The Labute approximate surface area is 119 Å². The van der Waals surface area contributed by atoms with Crippen molar-refractivity contribution in [2.24, 2.45) is 0 Å². The zero-order valence-electron chi connectivity index (χ0n) is 10.8. The van der Waals surface area contributed by atoms with Crippen LogP contribution in [0.25, 0.3) is 10.9 Å². The van der Waals surface area contributed by atoms with Gasteiger partial charge in [-0.05, 0) is 24.3 Å². The quantitative estimate of drug-likeness (QED) is 0.778. The number of fused-ring (bicyclic) bond motifs is 1.